The number of pyridine rings is 1. The van der Waals surface area contributed by atoms with Crippen LogP contribution in [0.4, 0.5) is 5.82 Å². The highest BCUT2D eigenvalue weighted by molar-refractivity contribution is 6.32. The van der Waals surface area contributed by atoms with Crippen LogP contribution in [0, 0.1) is 0 Å². The van der Waals surface area contributed by atoms with Crippen LogP contribution in [0.5, 0.6) is 0 Å². The third kappa shape index (κ3) is 2.66. The molecule has 3 nitrogen and oxygen atoms in total. The van der Waals surface area contributed by atoms with Gasteiger partial charge in [0.15, 0.2) is 0 Å². The highest BCUT2D eigenvalue weighted by Crippen LogP contribution is 2.20. The van der Waals surface area contributed by atoms with Crippen LogP contribution in [-0.4, -0.2) is 35.6 Å². The summed E-state index contributed by atoms with van der Waals surface area (Å²) in [6, 6.07) is 4.34. The quantitative estimate of drug-likeness (QED) is 0.876. The number of nitrogens with one attached hydrogen (secondary N) is 1. The van der Waals surface area contributed by atoms with E-state index in [1.165, 1.54) is 19.4 Å². The number of hydrogen-bond donors (Lipinski definition) is 1. The van der Waals surface area contributed by atoms with Crippen molar-refractivity contribution in [2.75, 3.05) is 25.0 Å². The fourth-order valence-electron chi connectivity index (χ4n) is 2.27. The van der Waals surface area contributed by atoms with Gasteiger partial charge in [-0.3, -0.25) is 4.90 Å². The van der Waals surface area contributed by atoms with Crippen molar-refractivity contribution in [1.29, 1.82) is 0 Å². The van der Waals surface area contributed by atoms with E-state index in [0.29, 0.717) is 11.1 Å². The monoisotopic (exact) mass is 239 g/mol. The molecule has 0 amide bonds. The molecule has 2 rings (SSSR count). The zero-order valence-corrected chi connectivity index (χ0v) is 10.4. The minimum Gasteiger partial charge on any atom is -0.367 e. The molecule has 1 aromatic heterocycles. The molecule has 4 heteroatoms. The zero-order chi connectivity index (χ0) is 11.4. The van der Waals surface area contributed by atoms with Gasteiger partial charge in [-0.2, -0.15) is 0 Å². The highest BCUT2D eigenvalue weighted by atomic mass is 35.5. The summed E-state index contributed by atoms with van der Waals surface area (Å²) in [5.41, 5.74) is 0. The Morgan fingerprint density at radius 3 is 3.25 bits per heavy atom. The summed E-state index contributed by atoms with van der Waals surface area (Å²) in [4.78, 5) is 6.73. The topological polar surface area (TPSA) is 28.2 Å². The summed E-state index contributed by atoms with van der Waals surface area (Å²) >= 11 is 6.04. The molecule has 0 spiro atoms. The van der Waals surface area contributed by atoms with E-state index in [1.54, 1.807) is 6.20 Å². The maximum Gasteiger partial charge on any atom is 0.144 e. The molecule has 88 valence electrons. The van der Waals surface area contributed by atoms with E-state index in [-0.39, 0.29) is 0 Å². The van der Waals surface area contributed by atoms with Crippen molar-refractivity contribution >= 4 is 17.4 Å². The molecule has 1 fully saturated rings. The Balaban J connectivity index is 1.90. The number of hydrogen-bond acceptors (Lipinski definition) is 3. The van der Waals surface area contributed by atoms with E-state index in [4.69, 9.17) is 11.6 Å². The molecule has 2 heterocycles. The molecule has 16 heavy (non-hydrogen) atoms. The second-order valence-corrected chi connectivity index (χ2v) is 4.55. The van der Waals surface area contributed by atoms with Crippen LogP contribution in [0.15, 0.2) is 18.3 Å². The van der Waals surface area contributed by atoms with Gasteiger partial charge in [-0.1, -0.05) is 18.5 Å². The highest BCUT2D eigenvalue weighted by Gasteiger charge is 2.22. The fourth-order valence-corrected chi connectivity index (χ4v) is 2.46. The normalized spacial score (nSPS) is 21.2. The van der Waals surface area contributed by atoms with Gasteiger partial charge >= 0.3 is 0 Å². The first-order valence-electron chi connectivity index (χ1n) is 5.89. The van der Waals surface area contributed by atoms with Gasteiger partial charge in [-0.05, 0) is 38.1 Å². The first-order valence-corrected chi connectivity index (χ1v) is 6.27. The maximum absolute atomic E-state index is 6.04. The van der Waals surface area contributed by atoms with E-state index in [0.717, 1.165) is 18.9 Å². The molecular weight excluding hydrogens is 222 g/mol. The lowest BCUT2D eigenvalue weighted by atomic mass is 10.2. The van der Waals surface area contributed by atoms with E-state index in [2.05, 4.69) is 22.1 Å². The van der Waals surface area contributed by atoms with Crippen molar-refractivity contribution in [2.24, 2.45) is 0 Å². The van der Waals surface area contributed by atoms with Crippen molar-refractivity contribution in [3.8, 4) is 0 Å². The molecule has 1 N–H and O–H groups in total. The minimum absolute atomic E-state index is 0.628. The molecule has 1 unspecified atom stereocenters. The SMILES string of the molecule is CCN1CCCC1CNc1ncccc1Cl. The van der Waals surface area contributed by atoms with Crippen LogP contribution >= 0.6 is 11.6 Å². The molecule has 0 aliphatic carbocycles. The van der Waals surface area contributed by atoms with E-state index in [1.807, 2.05) is 12.1 Å². The summed E-state index contributed by atoms with van der Waals surface area (Å²) in [7, 11) is 0. The average Bonchev–Trinajstić information content (AvgIpc) is 2.75. The molecule has 0 bridgehead atoms. The fraction of sp³-hybridized carbons (Fsp3) is 0.583. The van der Waals surface area contributed by atoms with Gasteiger partial charge in [-0.25, -0.2) is 4.98 Å². The van der Waals surface area contributed by atoms with Crippen LogP contribution in [0.1, 0.15) is 19.8 Å². The first-order chi connectivity index (χ1) is 7.81. The van der Waals surface area contributed by atoms with Crippen molar-refractivity contribution in [3.63, 3.8) is 0 Å². The Kier molecular flexibility index (Phi) is 4.02. The second-order valence-electron chi connectivity index (χ2n) is 4.14. The lowest BCUT2D eigenvalue weighted by Gasteiger charge is -2.23. The summed E-state index contributed by atoms with van der Waals surface area (Å²) in [5.74, 6) is 0.798. The number of likely N-dealkylation sites (N-methyl/N-ethyl adjacent to an activating group) is 1. The van der Waals surface area contributed by atoms with Crippen molar-refractivity contribution in [3.05, 3.63) is 23.4 Å². The number of aromatic nitrogens is 1. The second kappa shape index (κ2) is 5.51. The summed E-state index contributed by atoms with van der Waals surface area (Å²) in [6.07, 6.45) is 4.34. The molecule has 1 atom stereocenters. The molecule has 1 saturated heterocycles. The zero-order valence-electron chi connectivity index (χ0n) is 9.62. The molecule has 0 radical (unpaired) electrons. The van der Waals surface area contributed by atoms with Gasteiger partial charge in [0.1, 0.15) is 5.82 Å². The predicted molar refractivity (Wildman–Crippen MR) is 68.0 cm³/mol. The average molecular weight is 240 g/mol. The molecular formula is C12H18ClN3. The Hall–Kier alpha value is -0.800. The van der Waals surface area contributed by atoms with Gasteiger partial charge in [0.05, 0.1) is 5.02 Å². The largest absolute Gasteiger partial charge is 0.367 e. The lowest BCUT2D eigenvalue weighted by Crippen LogP contribution is -2.34. The number of anilines is 1. The number of nitrogens with zero attached hydrogens (tertiary/aromatic N) is 2. The molecule has 1 aliphatic rings. The number of likely N-dealkylation sites (tertiary alicyclic amines) is 1. The Morgan fingerprint density at radius 2 is 2.50 bits per heavy atom. The van der Waals surface area contributed by atoms with Crippen LogP contribution in [-0.2, 0) is 0 Å². The van der Waals surface area contributed by atoms with Gasteiger partial charge < -0.3 is 5.32 Å². The number of halogens is 1. The first kappa shape index (κ1) is 11.7. The van der Waals surface area contributed by atoms with Gasteiger partial charge in [-0.15, -0.1) is 0 Å². The maximum atomic E-state index is 6.04. The molecule has 0 aromatic carbocycles. The third-order valence-electron chi connectivity index (χ3n) is 3.17. The van der Waals surface area contributed by atoms with Crippen LogP contribution in [0.25, 0.3) is 0 Å². The summed E-state index contributed by atoms with van der Waals surface area (Å²) in [5, 5.41) is 4.03. The standard InChI is InChI=1S/C12H18ClN3/c1-2-16-8-4-5-10(16)9-15-12-11(13)6-3-7-14-12/h3,6-7,10H,2,4-5,8-9H2,1H3,(H,14,15). The van der Waals surface area contributed by atoms with Crippen molar-refractivity contribution in [2.45, 2.75) is 25.8 Å². The number of rotatable bonds is 4. The molecule has 1 aliphatic heterocycles. The predicted octanol–water partition coefficient (Wildman–Crippen LogP) is 2.63. The van der Waals surface area contributed by atoms with Crippen molar-refractivity contribution < 1.29 is 0 Å². The molecule has 0 saturated carbocycles. The lowest BCUT2D eigenvalue weighted by molar-refractivity contribution is 0.277. The van der Waals surface area contributed by atoms with E-state index in [9.17, 15) is 0 Å². The Morgan fingerprint density at radius 1 is 1.62 bits per heavy atom. The van der Waals surface area contributed by atoms with Gasteiger partial charge in [0.25, 0.3) is 0 Å². The van der Waals surface area contributed by atoms with Crippen LogP contribution in [0.3, 0.4) is 0 Å². The smallest absolute Gasteiger partial charge is 0.144 e. The van der Waals surface area contributed by atoms with Crippen molar-refractivity contribution in [1.82, 2.24) is 9.88 Å². The van der Waals surface area contributed by atoms with Gasteiger partial charge in [0.2, 0.25) is 0 Å². The minimum atomic E-state index is 0.628. The van der Waals surface area contributed by atoms with E-state index >= 15 is 0 Å². The van der Waals surface area contributed by atoms with E-state index < -0.39 is 0 Å². The Bertz CT molecular complexity index is 343. The summed E-state index contributed by atoms with van der Waals surface area (Å²) < 4.78 is 0. The van der Waals surface area contributed by atoms with Gasteiger partial charge in [0, 0.05) is 18.8 Å². The third-order valence-corrected chi connectivity index (χ3v) is 3.47. The Labute approximate surface area is 102 Å². The summed E-state index contributed by atoms with van der Waals surface area (Å²) in [6.45, 7) is 5.50. The molecule has 1 aromatic rings. The van der Waals surface area contributed by atoms with Crippen LogP contribution in [0.2, 0.25) is 5.02 Å². The van der Waals surface area contributed by atoms with Crippen LogP contribution < -0.4 is 5.32 Å².